The molecule has 1 aliphatic carbocycles. The van der Waals surface area contributed by atoms with Crippen molar-refractivity contribution in [1.82, 2.24) is 9.55 Å². The summed E-state index contributed by atoms with van der Waals surface area (Å²) in [5.74, 6) is -1.18. The smallest absolute Gasteiger partial charge is 0.221 e. The molecule has 3 rings (SSSR count). The zero-order chi connectivity index (χ0) is 15.9. The Bertz CT molecular complexity index is 835. The third kappa shape index (κ3) is 2.26. The Hall–Kier alpha value is -2.65. The number of aromatic nitrogens is 2. The van der Waals surface area contributed by atoms with Crippen LogP contribution in [0.3, 0.4) is 0 Å². The van der Waals surface area contributed by atoms with Crippen LogP contribution in [-0.2, 0) is 11.2 Å². The first kappa shape index (κ1) is 14.3. The van der Waals surface area contributed by atoms with Gasteiger partial charge in [-0.1, -0.05) is 11.6 Å². The number of halogens is 1. The molecule has 22 heavy (non-hydrogen) atoms. The van der Waals surface area contributed by atoms with Crippen molar-refractivity contribution in [1.29, 1.82) is 5.26 Å². The quantitative estimate of drug-likeness (QED) is 0.910. The highest BCUT2D eigenvalue weighted by molar-refractivity contribution is 6.31. The summed E-state index contributed by atoms with van der Waals surface area (Å²) in [6.45, 7) is 0. The molecule has 1 heterocycles. The number of rotatable bonds is 2. The van der Waals surface area contributed by atoms with E-state index < -0.39 is 11.8 Å². The van der Waals surface area contributed by atoms with Crippen molar-refractivity contribution in [3.05, 3.63) is 46.5 Å². The minimum Gasteiger partial charge on any atom is -0.369 e. The Balaban J connectivity index is 2.06. The fourth-order valence-corrected chi connectivity index (χ4v) is 2.81. The standard InChI is InChI=1S/C15H11ClN4O2/c16-11-5-10(2-1-8(11)6-17)20-7-19-12-3-9(15(18)22)4-13(21)14(12)20/h1-2,5,7,9H,3-4H2,(H2,18,22)/t9-/m1/s1. The van der Waals surface area contributed by atoms with Crippen molar-refractivity contribution in [3.8, 4) is 11.8 Å². The molecule has 0 radical (unpaired) electrons. The van der Waals surface area contributed by atoms with E-state index in [4.69, 9.17) is 22.6 Å². The number of amides is 1. The fraction of sp³-hybridized carbons (Fsp3) is 0.200. The van der Waals surface area contributed by atoms with Gasteiger partial charge >= 0.3 is 0 Å². The van der Waals surface area contributed by atoms with Crippen LogP contribution in [0.25, 0.3) is 5.69 Å². The summed E-state index contributed by atoms with van der Waals surface area (Å²) in [7, 11) is 0. The van der Waals surface area contributed by atoms with Crippen LogP contribution in [-0.4, -0.2) is 21.2 Å². The van der Waals surface area contributed by atoms with Gasteiger partial charge in [-0.2, -0.15) is 5.26 Å². The summed E-state index contributed by atoms with van der Waals surface area (Å²) in [5, 5.41) is 9.21. The number of nitrogens with zero attached hydrogens (tertiary/aromatic N) is 3. The Morgan fingerprint density at radius 1 is 1.45 bits per heavy atom. The summed E-state index contributed by atoms with van der Waals surface area (Å²) < 4.78 is 1.63. The molecule has 6 nitrogen and oxygen atoms in total. The monoisotopic (exact) mass is 314 g/mol. The van der Waals surface area contributed by atoms with Gasteiger partial charge in [0, 0.05) is 18.5 Å². The lowest BCUT2D eigenvalue weighted by atomic mass is 9.88. The van der Waals surface area contributed by atoms with E-state index in [0.717, 1.165) is 0 Å². The van der Waals surface area contributed by atoms with Crippen molar-refractivity contribution in [2.75, 3.05) is 0 Å². The van der Waals surface area contributed by atoms with Gasteiger partial charge in [0.2, 0.25) is 5.91 Å². The first-order valence-electron chi connectivity index (χ1n) is 6.60. The molecule has 1 atom stereocenters. The second-order valence-corrected chi connectivity index (χ2v) is 5.52. The van der Waals surface area contributed by atoms with Gasteiger partial charge < -0.3 is 5.73 Å². The molecule has 1 aliphatic rings. The number of ketones is 1. The Kier molecular flexibility index (Phi) is 3.43. The lowest BCUT2D eigenvalue weighted by molar-refractivity contribution is -0.121. The van der Waals surface area contributed by atoms with E-state index in [0.29, 0.717) is 34.1 Å². The van der Waals surface area contributed by atoms with E-state index in [1.807, 2.05) is 6.07 Å². The van der Waals surface area contributed by atoms with E-state index >= 15 is 0 Å². The van der Waals surface area contributed by atoms with Crippen LogP contribution < -0.4 is 5.73 Å². The molecule has 0 aliphatic heterocycles. The molecular formula is C15H11ClN4O2. The average Bonchev–Trinajstić information content (AvgIpc) is 2.91. The number of nitrogens with two attached hydrogens (primary N) is 1. The van der Waals surface area contributed by atoms with Gasteiger partial charge in [-0.05, 0) is 18.2 Å². The zero-order valence-corrected chi connectivity index (χ0v) is 12.2. The molecule has 1 aromatic carbocycles. The van der Waals surface area contributed by atoms with Crippen LogP contribution in [0.15, 0.2) is 24.5 Å². The second-order valence-electron chi connectivity index (χ2n) is 5.12. The largest absolute Gasteiger partial charge is 0.369 e. The minimum atomic E-state index is -0.507. The van der Waals surface area contributed by atoms with Crippen LogP contribution >= 0.6 is 11.6 Å². The van der Waals surface area contributed by atoms with Gasteiger partial charge in [0.05, 0.1) is 22.2 Å². The molecule has 2 aromatic rings. The summed E-state index contributed by atoms with van der Waals surface area (Å²) in [6, 6.07) is 6.87. The van der Waals surface area contributed by atoms with Gasteiger partial charge in [0.15, 0.2) is 5.78 Å². The van der Waals surface area contributed by atoms with E-state index in [-0.39, 0.29) is 12.2 Å². The number of primary amides is 1. The van der Waals surface area contributed by atoms with Gasteiger partial charge in [-0.3, -0.25) is 14.2 Å². The number of nitriles is 1. The van der Waals surface area contributed by atoms with E-state index in [9.17, 15) is 9.59 Å². The molecule has 7 heteroatoms. The molecule has 0 spiro atoms. The highest BCUT2D eigenvalue weighted by Gasteiger charge is 2.32. The number of carbonyl (C=O) groups excluding carboxylic acids is 2. The maximum Gasteiger partial charge on any atom is 0.221 e. The van der Waals surface area contributed by atoms with Gasteiger partial charge in [0.25, 0.3) is 0 Å². The summed E-state index contributed by atoms with van der Waals surface area (Å²) in [5.41, 5.74) is 7.28. The number of hydrogen-bond donors (Lipinski definition) is 1. The number of Topliss-reactive ketones (excluding diaryl/α,β-unsaturated/α-hetero) is 1. The number of imidazole rings is 1. The molecule has 0 bridgehead atoms. The van der Waals surface area contributed by atoms with Crippen LogP contribution in [0.1, 0.15) is 28.2 Å². The molecular weight excluding hydrogens is 304 g/mol. The highest BCUT2D eigenvalue weighted by atomic mass is 35.5. The summed E-state index contributed by atoms with van der Waals surface area (Å²) in [4.78, 5) is 27.8. The minimum absolute atomic E-state index is 0.0814. The molecule has 0 saturated carbocycles. The average molecular weight is 315 g/mol. The van der Waals surface area contributed by atoms with Crippen molar-refractivity contribution in [2.45, 2.75) is 12.8 Å². The number of carbonyl (C=O) groups is 2. The molecule has 0 unspecified atom stereocenters. The molecule has 1 aromatic heterocycles. The lowest BCUT2D eigenvalue weighted by Crippen LogP contribution is -2.32. The maximum atomic E-state index is 12.3. The van der Waals surface area contributed by atoms with Gasteiger partial charge in [-0.25, -0.2) is 4.98 Å². The SMILES string of the molecule is N#Cc1ccc(-n2cnc3c2C(=O)C[C@H](C(N)=O)C3)cc1Cl. The van der Waals surface area contributed by atoms with Crippen LogP contribution in [0.5, 0.6) is 0 Å². The normalized spacial score (nSPS) is 16.9. The highest BCUT2D eigenvalue weighted by Crippen LogP contribution is 2.28. The van der Waals surface area contributed by atoms with E-state index in [1.165, 1.54) is 6.33 Å². The molecule has 110 valence electrons. The Morgan fingerprint density at radius 3 is 2.86 bits per heavy atom. The third-order valence-electron chi connectivity index (χ3n) is 3.73. The summed E-state index contributed by atoms with van der Waals surface area (Å²) in [6.07, 6.45) is 1.95. The van der Waals surface area contributed by atoms with Crippen molar-refractivity contribution >= 4 is 23.3 Å². The number of hydrogen-bond acceptors (Lipinski definition) is 4. The second kappa shape index (κ2) is 5.28. The first-order valence-corrected chi connectivity index (χ1v) is 6.98. The van der Waals surface area contributed by atoms with Crippen molar-refractivity contribution < 1.29 is 9.59 Å². The molecule has 0 fully saturated rings. The lowest BCUT2D eigenvalue weighted by Gasteiger charge is -2.19. The predicted octanol–water partition coefficient (Wildman–Crippen LogP) is 1.63. The van der Waals surface area contributed by atoms with E-state index in [2.05, 4.69) is 4.98 Å². The van der Waals surface area contributed by atoms with Gasteiger partial charge in [-0.15, -0.1) is 0 Å². The predicted molar refractivity (Wildman–Crippen MR) is 78.6 cm³/mol. The fourth-order valence-electron chi connectivity index (χ4n) is 2.60. The summed E-state index contributed by atoms with van der Waals surface area (Å²) >= 11 is 6.03. The van der Waals surface area contributed by atoms with Crippen molar-refractivity contribution in [3.63, 3.8) is 0 Å². The zero-order valence-electron chi connectivity index (χ0n) is 11.4. The topological polar surface area (TPSA) is 102 Å². The Labute approximate surface area is 131 Å². The van der Waals surface area contributed by atoms with Gasteiger partial charge in [0.1, 0.15) is 18.1 Å². The molecule has 2 N–H and O–H groups in total. The molecule has 1 amide bonds. The molecule has 0 saturated heterocycles. The number of benzene rings is 1. The van der Waals surface area contributed by atoms with Crippen molar-refractivity contribution in [2.24, 2.45) is 11.7 Å². The maximum absolute atomic E-state index is 12.3. The van der Waals surface area contributed by atoms with Crippen LogP contribution in [0.4, 0.5) is 0 Å². The third-order valence-corrected chi connectivity index (χ3v) is 4.05. The number of fused-ring (bicyclic) bond motifs is 1. The Morgan fingerprint density at radius 2 is 2.23 bits per heavy atom. The van der Waals surface area contributed by atoms with Crippen LogP contribution in [0, 0.1) is 17.2 Å². The van der Waals surface area contributed by atoms with Crippen LogP contribution in [0.2, 0.25) is 5.02 Å². The van der Waals surface area contributed by atoms with E-state index in [1.54, 1.807) is 22.8 Å². The first-order chi connectivity index (χ1) is 10.5.